The van der Waals surface area contributed by atoms with Crippen LogP contribution in [0.5, 0.6) is 0 Å². The number of fused-ring (bicyclic) bond motifs is 1. The molecule has 2 aromatic rings. The highest BCUT2D eigenvalue weighted by Crippen LogP contribution is 2.34. The predicted octanol–water partition coefficient (Wildman–Crippen LogP) is 1.31. The number of rotatable bonds is 3. The summed E-state index contributed by atoms with van der Waals surface area (Å²) < 4.78 is 13.0. The molecule has 4 heterocycles. The Kier molecular flexibility index (Phi) is 3.95. The number of amides is 1. The largest absolute Gasteiger partial charge is 0.445 e. The SMILES string of the molecule is Nc1ncnn2c(C3CCC(COC(=O)N4CCCO4)O3)ccc12. The molecule has 9 nitrogen and oxygen atoms in total. The maximum absolute atomic E-state index is 11.8. The Balaban J connectivity index is 1.37. The Bertz CT molecular complexity index is 743. The number of nitrogen functional groups attached to an aromatic ring is 1. The summed E-state index contributed by atoms with van der Waals surface area (Å²) in [5, 5.41) is 5.49. The summed E-state index contributed by atoms with van der Waals surface area (Å²) in [5.74, 6) is 0.436. The van der Waals surface area contributed by atoms with Gasteiger partial charge in [0.15, 0.2) is 5.82 Å². The summed E-state index contributed by atoms with van der Waals surface area (Å²) in [5.41, 5.74) is 7.54. The molecule has 2 unspecified atom stereocenters. The summed E-state index contributed by atoms with van der Waals surface area (Å²) in [4.78, 5) is 21.0. The fourth-order valence-electron chi connectivity index (χ4n) is 3.09. The number of hydrogen-bond acceptors (Lipinski definition) is 7. The Morgan fingerprint density at radius 2 is 2.33 bits per heavy atom. The lowest BCUT2D eigenvalue weighted by atomic mass is 10.1. The van der Waals surface area contributed by atoms with Crippen LogP contribution in [0.2, 0.25) is 0 Å². The zero-order valence-electron chi connectivity index (χ0n) is 13.1. The smallest absolute Gasteiger partial charge is 0.434 e. The molecule has 0 aliphatic carbocycles. The summed E-state index contributed by atoms with van der Waals surface area (Å²) >= 11 is 0. The second-order valence-electron chi connectivity index (χ2n) is 5.89. The minimum Gasteiger partial charge on any atom is -0.445 e. The fourth-order valence-corrected chi connectivity index (χ4v) is 3.09. The molecule has 2 N–H and O–H groups in total. The second-order valence-corrected chi connectivity index (χ2v) is 5.89. The van der Waals surface area contributed by atoms with E-state index in [2.05, 4.69) is 10.1 Å². The molecule has 2 aromatic heterocycles. The average molecular weight is 333 g/mol. The highest BCUT2D eigenvalue weighted by molar-refractivity contribution is 5.66. The molecule has 2 fully saturated rings. The van der Waals surface area contributed by atoms with E-state index in [0.29, 0.717) is 19.0 Å². The van der Waals surface area contributed by atoms with Crippen molar-refractivity contribution < 1.29 is 19.1 Å². The maximum atomic E-state index is 11.8. The van der Waals surface area contributed by atoms with E-state index in [1.807, 2.05) is 12.1 Å². The van der Waals surface area contributed by atoms with Gasteiger partial charge in [0.25, 0.3) is 0 Å². The van der Waals surface area contributed by atoms with E-state index < -0.39 is 6.09 Å². The second kappa shape index (κ2) is 6.25. The number of carbonyl (C=O) groups is 1. The van der Waals surface area contributed by atoms with Gasteiger partial charge in [-0.3, -0.25) is 4.84 Å². The van der Waals surface area contributed by atoms with Crippen molar-refractivity contribution in [2.75, 3.05) is 25.5 Å². The minimum absolute atomic E-state index is 0.103. The first kappa shape index (κ1) is 15.2. The molecule has 9 heteroatoms. The number of nitrogens with zero attached hydrogens (tertiary/aromatic N) is 4. The van der Waals surface area contributed by atoms with Gasteiger partial charge in [-0.2, -0.15) is 10.2 Å². The Hall–Kier alpha value is -2.39. The van der Waals surface area contributed by atoms with E-state index in [-0.39, 0.29) is 18.8 Å². The van der Waals surface area contributed by atoms with Crippen molar-refractivity contribution in [3.8, 4) is 0 Å². The van der Waals surface area contributed by atoms with Gasteiger partial charge in [0, 0.05) is 0 Å². The first-order valence-electron chi connectivity index (χ1n) is 8.03. The third-order valence-corrected chi connectivity index (χ3v) is 4.30. The number of aromatic nitrogens is 3. The molecular weight excluding hydrogens is 314 g/mol. The Labute approximate surface area is 138 Å². The summed E-state index contributed by atoms with van der Waals surface area (Å²) in [6.07, 6.45) is 3.22. The number of ether oxygens (including phenoxy) is 2. The van der Waals surface area contributed by atoms with Gasteiger partial charge in [0.2, 0.25) is 0 Å². The molecule has 1 amide bonds. The van der Waals surface area contributed by atoms with E-state index in [9.17, 15) is 4.79 Å². The lowest BCUT2D eigenvalue weighted by Crippen LogP contribution is -2.30. The monoisotopic (exact) mass is 333 g/mol. The van der Waals surface area contributed by atoms with Crippen LogP contribution in [0.25, 0.3) is 5.52 Å². The van der Waals surface area contributed by atoms with Crippen LogP contribution < -0.4 is 5.73 Å². The summed E-state index contributed by atoms with van der Waals surface area (Å²) in [6, 6.07) is 3.82. The van der Waals surface area contributed by atoms with Crippen molar-refractivity contribution in [1.29, 1.82) is 0 Å². The molecule has 2 aliphatic heterocycles. The Morgan fingerprint density at radius 1 is 1.42 bits per heavy atom. The predicted molar refractivity (Wildman–Crippen MR) is 82.9 cm³/mol. The van der Waals surface area contributed by atoms with Gasteiger partial charge in [0.05, 0.1) is 24.9 Å². The van der Waals surface area contributed by atoms with E-state index in [4.69, 9.17) is 20.0 Å². The lowest BCUT2D eigenvalue weighted by Gasteiger charge is -2.17. The molecule has 0 saturated carbocycles. The van der Waals surface area contributed by atoms with E-state index in [0.717, 1.165) is 30.5 Å². The van der Waals surface area contributed by atoms with Crippen molar-refractivity contribution in [2.24, 2.45) is 0 Å². The van der Waals surface area contributed by atoms with Crippen LogP contribution in [0.3, 0.4) is 0 Å². The van der Waals surface area contributed by atoms with Gasteiger partial charge in [0.1, 0.15) is 24.6 Å². The molecule has 2 saturated heterocycles. The molecule has 0 radical (unpaired) electrons. The Morgan fingerprint density at radius 3 is 3.17 bits per heavy atom. The van der Waals surface area contributed by atoms with E-state index >= 15 is 0 Å². The molecule has 2 aliphatic rings. The summed E-state index contributed by atoms with van der Waals surface area (Å²) in [7, 11) is 0. The van der Waals surface area contributed by atoms with Crippen LogP contribution in [0.1, 0.15) is 31.1 Å². The van der Waals surface area contributed by atoms with E-state index in [1.54, 1.807) is 4.52 Å². The van der Waals surface area contributed by atoms with Gasteiger partial charge >= 0.3 is 6.09 Å². The van der Waals surface area contributed by atoms with Gasteiger partial charge < -0.3 is 15.2 Å². The van der Waals surface area contributed by atoms with Crippen molar-refractivity contribution in [1.82, 2.24) is 19.7 Å². The fraction of sp³-hybridized carbons (Fsp3) is 0.533. The third-order valence-electron chi connectivity index (χ3n) is 4.30. The molecular formula is C15H19N5O4. The van der Waals surface area contributed by atoms with Crippen LogP contribution in [0.4, 0.5) is 10.6 Å². The molecule has 4 rings (SSSR count). The van der Waals surface area contributed by atoms with Gasteiger partial charge in [-0.1, -0.05) is 0 Å². The quantitative estimate of drug-likeness (QED) is 0.903. The zero-order chi connectivity index (χ0) is 16.5. The molecule has 0 spiro atoms. The van der Waals surface area contributed by atoms with Crippen LogP contribution >= 0.6 is 0 Å². The molecule has 0 bridgehead atoms. The number of carbonyl (C=O) groups excluding carboxylic acids is 1. The highest BCUT2D eigenvalue weighted by atomic mass is 16.7. The molecule has 24 heavy (non-hydrogen) atoms. The number of hydroxylamine groups is 2. The summed E-state index contributed by atoms with van der Waals surface area (Å²) in [6.45, 7) is 1.35. The lowest BCUT2D eigenvalue weighted by molar-refractivity contribution is -0.0986. The number of nitrogens with two attached hydrogens (primary N) is 1. The van der Waals surface area contributed by atoms with Crippen LogP contribution in [-0.4, -0.2) is 51.6 Å². The third kappa shape index (κ3) is 2.76. The maximum Gasteiger partial charge on any atom is 0.434 e. The van der Waals surface area contributed by atoms with Crippen LogP contribution in [0, 0.1) is 0 Å². The van der Waals surface area contributed by atoms with Crippen molar-refractivity contribution in [3.63, 3.8) is 0 Å². The molecule has 2 atom stereocenters. The normalized spacial score (nSPS) is 23.9. The zero-order valence-corrected chi connectivity index (χ0v) is 13.1. The van der Waals surface area contributed by atoms with Crippen LogP contribution in [-0.2, 0) is 14.3 Å². The average Bonchev–Trinajstić information content (AvgIpc) is 3.32. The van der Waals surface area contributed by atoms with Crippen molar-refractivity contribution >= 4 is 17.4 Å². The van der Waals surface area contributed by atoms with Crippen LogP contribution in [0.15, 0.2) is 18.5 Å². The number of anilines is 1. The number of hydrogen-bond donors (Lipinski definition) is 1. The van der Waals surface area contributed by atoms with Crippen molar-refractivity contribution in [3.05, 3.63) is 24.2 Å². The molecule has 128 valence electrons. The van der Waals surface area contributed by atoms with Gasteiger partial charge in [-0.15, -0.1) is 0 Å². The standard InChI is InChI=1S/C15H19N5O4/c16-14-12-4-3-11(20(12)18-9-17-14)13-5-2-10(24-13)8-22-15(21)19-6-1-7-23-19/h3-4,9-10,13H,1-2,5-8H2,(H2,16,17,18). The first-order chi connectivity index (χ1) is 11.7. The molecule has 0 aromatic carbocycles. The van der Waals surface area contributed by atoms with Crippen molar-refractivity contribution in [2.45, 2.75) is 31.5 Å². The topological polar surface area (TPSA) is 104 Å². The highest BCUT2D eigenvalue weighted by Gasteiger charge is 2.30. The van der Waals surface area contributed by atoms with E-state index in [1.165, 1.54) is 11.4 Å². The minimum atomic E-state index is -0.451. The first-order valence-corrected chi connectivity index (χ1v) is 8.03. The van der Waals surface area contributed by atoms with Gasteiger partial charge in [-0.25, -0.2) is 14.3 Å². The van der Waals surface area contributed by atoms with Gasteiger partial charge in [-0.05, 0) is 31.4 Å².